The first kappa shape index (κ1) is 18.4. The number of hydrogen-bond acceptors (Lipinski definition) is 3. The van der Waals surface area contributed by atoms with Gasteiger partial charge in [-0.25, -0.2) is 4.79 Å². The first-order valence-corrected chi connectivity index (χ1v) is 7.08. The molecule has 124 valence electrons. The van der Waals surface area contributed by atoms with Crippen LogP contribution in [0.4, 0.5) is 19.3 Å². The molecule has 2 amide bonds. The van der Waals surface area contributed by atoms with Crippen molar-refractivity contribution in [1.29, 1.82) is 0 Å². The van der Waals surface area contributed by atoms with E-state index in [1.54, 1.807) is 6.92 Å². The van der Waals surface area contributed by atoms with Crippen molar-refractivity contribution in [1.82, 2.24) is 4.90 Å². The van der Waals surface area contributed by atoms with Gasteiger partial charge in [-0.2, -0.15) is 8.78 Å². The molecule has 0 aliphatic heterocycles. The number of hydrogen-bond donors (Lipinski definition) is 2. The molecule has 0 saturated carbocycles. The van der Waals surface area contributed by atoms with Gasteiger partial charge < -0.3 is 20.1 Å². The Bertz CT molecular complexity index is 513. The summed E-state index contributed by atoms with van der Waals surface area (Å²) in [4.78, 5) is 13.6. The van der Waals surface area contributed by atoms with E-state index in [1.165, 1.54) is 23.1 Å². The van der Waals surface area contributed by atoms with Crippen LogP contribution >= 0.6 is 11.6 Å². The molecule has 0 aliphatic carbocycles. The van der Waals surface area contributed by atoms with Gasteiger partial charge in [0, 0.05) is 18.3 Å². The monoisotopic (exact) mass is 336 g/mol. The molecule has 0 aliphatic rings. The summed E-state index contributed by atoms with van der Waals surface area (Å²) in [6.07, 6.45) is -0.668. The number of carbonyl (C=O) groups excluding carboxylic acids is 1. The number of aliphatic hydroxyl groups is 1. The highest BCUT2D eigenvalue weighted by Crippen LogP contribution is 2.29. The minimum absolute atomic E-state index is 0.0373. The number of alkyl halides is 2. The van der Waals surface area contributed by atoms with Crippen molar-refractivity contribution in [3.63, 3.8) is 0 Å². The fraction of sp³-hybridized carbons (Fsp3) is 0.500. The fourth-order valence-corrected chi connectivity index (χ4v) is 2.00. The van der Waals surface area contributed by atoms with Crippen molar-refractivity contribution in [3.05, 3.63) is 23.2 Å². The maximum Gasteiger partial charge on any atom is 0.387 e. The third-order valence-corrected chi connectivity index (χ3v) is 3.04. The number of aliphatic hydroxyl groups excluding tert-OH is 1. The van der Waals surface area contributed by atoms with Gasteiger partial charge in [-0.3, -0.25) is 0 Å². The summed E-state index contributed by atoms with van der Waals surface area (Å²) >= 11 is 5.82. The maximum atomic E-state index is 12.2. The first-order chi connectivity index (χ1) is 10.2. The SMILES string of the molecule is CC(O)CN(C(=O)Nc1ccc(OC(F)F)c(Cl)c1)C(C)C. The lowest BCUT2D eigenvalue weighted by Gasteiger charge is -2.28. The lowest BCUT2D eigenvalue weighted by Crippen LogP contribution is -2.43. The number of amides is 2. The van der Waals surface area contributed by atoms with Crippen LogP contribution in [-0.4, -0.2) is 41.3 Å². The van der Waals surface area contributed by atoms with Crippen LogP contribution in [0.2, 0.25) is 5.02 Å². The topological polar surface area (TPSA) is 61.8 Å². The van der Waals surface area contributed by atoms with E-state index in [1.807, 2.05) is 13.8 Å². The lowest BCUT2D eigenvalue weighted by molar-refractivity contribution is -0.0497. The van der Waals surface area contributed by atoms with Gasteiger partial charge in [-0.1, -0.05) is 11.6 Å². The standard InChI is InChI=1S/C14H19ClF2N2O3/c1-8(2)19(7-9(3)20)14(21)18-10-4-5-12(11(15)6-10)22-13(16)17/h4-6,8-9,13,20H,7H2,1-3H3,(H,18,21). The zero-order valence-corrected chi connectivity index (χ0v) is 13.3. The summed E-state index contributed by atoms with van der Waals surface area (Å²) in [5.41, 5.74) is 0.341. The zero-order valence-electron chi connectivity index (χ0n) is 12.5. The Morgan fingerprint density at radius 3 is 2.50 bits per heavy atom. The van der Waals surface area contributed by atoms with Crippen molar-refractivity contribution in [2.75, 3.05) is 11.9 Å². The van der Waals surface area contributed by atoms with Gasteiger partial charge in [0.25, 0.3) is 0 Å². The molecule has 0 heterocycles. The minimum atomic E-state index is -2.97. The van der Waals surface area contributed by atoms with Crippen LogP contribution in [0, 0.1) is 0 Å². The number of nitrogens with one attached hydrogen (secondary N) is 1. The maximum absolute atomic E-state index is 12.2. The predicted octanol–water partition coefficient (Wildman–Crippen LogP) is 3.56. The summed E-state index contributed by atoms with van der Waals surface area (Å²) < 4.78 is 28.5. The largest absolute Gasteiger partial charge is 0.433 e. The van der Waals surface area contributed by atoms with Crippen molar-refractivity contribution in [2.45, 2.75) is 39.5 Å². The molecule has 1 atom stereocenters. The molecule has 0 bridgehead atoms. The molecular formula is C14H19ClF2N2O3. The van der Waals surface area contributed by atoms with Gasteiger partial charge in [0.05, 0.1) is 11.1 Å². The molecule has 1 aromatic rings. The van der Waals surface area contributed by atoms with E-state index in [4.69, 9.17) is 11.6 Å². The molecule has 5 nitrogen and oxygen atoms in total. The fourth-order valence-electron chi connectivity index (χ4n) is 1.78. The number of anilines is 1. The smallest absolute Gasteiger partial charge is 0.387 e. The van der Waals surface area contributed by atoms with Crippen LogP contribution in [0.3, 0.4) is 0 Å². The Labute approximate surface area is 132 Å². The Morgan fingerprint density at radius 2 is 2.05 bits per heavy atom. The molecule has 0 saturated heterocycles. The molecule has 1 aromatic carbocycles. The van der Waals surface area contributed by atoms with Gasteiger partial charge in [0.1, 0.15) is 5.75 Å². The van der Waals surface area contributed by atoms with E-state index in [2.05, 4.69) is 10.1 Å². The van der Waals surface area contributed by atoms with Crippen molar-refractivity contribution in [2.24, 2.45) is 0 Å². The summed E-state index contributed by atoms with van der Waals surface area (Å²) in [5, 5.41) is 12.0. The van der Waals surface area contributed by atoms with Crippen molar-refractivity contribution < 1.29 is 23.4 Å². The third-order valence-electron chi connectivity index (χ3n) is 2.74. The minimum Gasteiger partial charge on any atom is -0.433 e. The van der Waals surface area contributed by atoms with E-state index in [9.17, 15) is 18.7 Å². The quantitative estimate of drug-likeness (QED) is 0.835. The molecule has 1 rings (SSSR count). The number of benzene rings is 1. The van der Waals surface area contributed by atoms with Crippen molar-refractivity contribution >= 4 is 23.3 Å². The molecule has 0 aromatic heterocycles. The lowest BCUT2D eigenvalue weighted by atomic mass is 10.2. The number of ether oxygens (including phenoxy) is 1. The Hall–Kier alpha value is -1.60. The predicted molar refractivity (Wildman–Crippen MR) is 80.6 cm³/mol. The van der Waals surface area contributed by atoms with Gasteiger partial charge in [0.2, 0.25) is 0 Å². The van der Waals surface area contributed by atoms with Gasteiger partial charge in [0.15, 0.2) is 0 Å². The Morgan fingerprint density at radius 1 is 1.41 bits per heavy atom. The highest BCUT2D eigenvalue weighted by atomic mass is 35.5. The number of carbonyl (C=O) groups is 1. The van der Waals surface area contributed by atoms with Crippen LogP contribution in [-0.2, 0) is 0 Å². The van der Waals surface area contributed by atoms with Gasteiger partial charge >= 0.3 is 12.6 Å². The van der Waals surface area contributed by atoms with Crippen LogP contribution in [0.15, 0.2) is 18.2 Å². The molecule has 2 N–H and O–H groups in total. The average molecular weight is 337 g/mol. The molecule has 8 heteroatoms. The van der Waals surface area contributed by atoms with Crippen molar-refractivity contribution in [3.8, 4) is 5.75 Å². The number of halogens is 3. The van der Waals surface area contributed by atoms with E-state index in [0.29, 0.717) is 5.69 Å². The molecule has 22 heavy (non-hydrogen) atoms. The second-order valence-electron chi connectivity index (χ2n) is 5.05. The normalized spacial score (nSPS) is 12.4. The van der Waals surface area contributed by atoms with Crippen LogP contribution < -0.4 is 10.1 Å². The highest BCUT2D eigenvalue weighted by Gasteiger charge is 2.19. The summed E-state index contributed by atoms with van der Waals surface area (Å²) in [5.74, 6) is -0.167. The number of urea groups is 1. The second-order valence-corrected chi connectivity index (χ2v) is 5.46. The highest BCUT2D eigenvalue weighted by molar-refractivity contribution is 6.32. The summed E-state index contributed by atoms with van der Waals surface area (Å²) in [7, 11) is 0. The molecule has 0 spiro atoms. The summed E-state index contributed by atoms with van der Waals surface area (Å²) in [6, 6.07) is 3.43. The van der Waals surface area contributed by atoms with Gasteiger partial charge in [-0.05, 0) is 39.0 Å². The van der Waals surface area contributed by atoms with Crippen LogP contribution in [0.25, 0.3) is 0 Å². The first-order valence-electron chi connectivity index (χ1n) is 6.70. The van der Waals surface area contributed by atoms with Gasteiger partial charge in [-0.15, -0.1) is 0 Å². The van der Waals surface area contributed by atoms with E-state index < -0.39 is 18.7 Å². The van der Waals surface area contributed by atoms with E-state index >= 15 is 0 Å². The number of rotatable bonds is 6. The molecule has 1 unspecified atom stereocenters. The van der Waals surface area contributed by atoms with E-state index in [0.717, 1.165) is 0 Å². The number of nitrogens with zero attached hydrogens (tertiary/aromatic N) is 1. The Balaban J connectivity index is 2.80. The second kappa shape index (κ2) is 8.14. The van der Waals surface area contributed by atoms with Crippen LogP contribution in [0.1, 0.15) is 20.8 Å². The van der Waals surface area contributed by atoms with E-state index in [-0.39, 0.29) is 23.4 Å². The van der Waals surface area contributed by atoms with Crippen LogP contribution in [0.5, 0.6) is 5.75 Å². The summed E-state index contributed by atoms with van der Waals surface area (Å²) in [6.45, 7) is 2.41. The molecule has 0 radical (unpaired) electrons. The Kier molecular flexibility index (Phi) is 6.83. The average Bonchev–Trinajstić information content (AvgIpc) is 2.38. The molecule has 0 fully saturated rings. The third kappa shape index (κ3) is 5.65. The molecular weight excluding hydrogens is 318 g/mol. The zero-order chi connectivity index (χ0) is 16.9.